The molecule has 0 saturated heterocycles. The maximum Gasteiger partial charge on any atom is 0.289 e. The van der Waals surface area contributed by atoms with E-state index in [2.05, 4.69) is 15.9 Å². The van der Waals surface area contributed by atoms with Crippen LogP contribution in [0.4, 0.5) is 0 Å². The van der Waals surface area contributed by atoms with Gasteiger partial charge in [0, 0.05) is 18.8 Å². The third kappa shape index (κ3) is 3.28. The molecule has 0 spiro atoms. The normalized spacial score (nSPS) is 12.5. The van der Waals surface area contributed by atoms with Crippen LogP contribution in [-0.2, 0) is 0 Å². The minimum atomic E-state index is -0.0812. The van der Waals surface area contributed by atoms with E-state index >= 15 is 0 Å². The fourth-order valence-electron chi connectivity index (χ4n) is 1.16. The first-order valence-electron chi connectivity index (χ1n) is 4.57. The highest BCUT2D eigenvalue weighted by molar-refractivity contribution is 9.10. The predicted octanol–water partition coefficient (Wildman–Crippen LogP) is 2.87. The molecule has 0 bridgehead atoms. The molecule has 0 aliphatic heterocycles. The number of rotatable bonds is 4. The largest absolute Gasteiger partial charge is 0.444 e. The topological polar surface area (TPSA) is 33.5 Å². The molecule has 1 unspecified atom stereocenters. The van der Waals surface area contributed by atoms with Crippen LogP contribution in [0.15, 0.2) is 21.2 Å². The van der Waals surface area contributed by atoms with Gasteiger partial charge in [-0.15, -0.1) is 0 Å². The van der Waals surface area contributed by atoms with Gasteiger partial charge in [0.05, 0.1) is 0 Å². The number of carbonyl (C=O) groups is 1. The molecule has 1 atom stereocenters. The highest BCUT2D eigenvalue weighted by atomic mass is 79.9. The molecule has 0 aliphatic rings. The van der Waals surface area contributed by atoms with Crippen LogP contribution in [-0.4, -0.2) is 35.9 Å². The van der Waals surface area contributed by atoms with Gasteiger partial charge >= 0.3 is 0 Å². The number of hydrogen-bond donors (Lipinski definition) is 0. The Morgan fingerprint density at radius 3 is 2.80 bits per heavy atom. The van der Waals surface area contributed by atoms with E-state index in [0.29, 0.717) is 10.4 Å². The van der Waals surface area contributed by atoms with Gasteiger partial charge in [-0.3, -0.25) is 4.79 Å². The number of hydrogen-bond acceptors (Lipinski definition) is 3. The lowest BCUT2D eigenvalue weighted by Gasteiger charge is -2.23. The average molecular weight is 292 g/mol. The zero-order valence-electron chi connectivity index (χ0n) is 8.99. The Balaban J connectivity index is 2.68. The van der Waals surface area contributed by atoms with E-state index < -0.39 is 0 Å². The van der Waals surface area contributed by atoms with Gasteiger partial charge in [0.2, 0.25) is 0 Å². The van der Waals surface area contributed by atoms with Gasteiger partial charge in [0.1, 0.15) is 0 Å². The molecule has 1 aromatic rings. The summed E-state index contributed by atoms with van der Waals surface area (Å²) in [4.78, 5) is 13.6. The van der Waals surface area contributed by atoms with Gasteiger partial charge in [-0.05, 0) is 41.2 Å². The van der Waals surface area contributed by atoms with E-state index in [1.807, 2.05) is 13.2 Å². The SMILES string of the molecule is CSCC(C)N(C)C(=O)c1ccc(Br)o1. The molecule has 1 heterocycles. The Bertz CT molecular complexity index is 340. The van der Waals surface area contributed by atoms with E-state index in [0.717, 1.165) is 5.75 Å². The van der Waals surface area contributed by atoms with Crippen molar-refractivity contribution in [3.8, 4) is 0 Å². The van der Waals surface area contributed by atoms with Gasteiger partial charge in [-0.1, -0.05) is 0 Å². The van der Waals surface area contributed by atoms with Crippen LogP contribution in [0.1, 0.15) is 17.5 Å². The standard InChI is InChI=1S/C10H14BrNO2S/c1-7(6-15-3)12(2)10(13)8-4-5-9(11)14-8/h4-5,7H,6H2,1-3H3. The summed E-state index contributed by atoms with van der Waals surface area (Å²) < 4.78 is 5.79. The molecule has 0 saturated carbocycles. The van der Waals surface area contributed by atoms with E-state index in [1.165, 1.54) is 0 Å². The fraction of sp³-hybridized carbons (Fsp3) is 0.500. The average Bonchev–Trinajstić information content (AvgIpc) is 2.63. The van der Waals surface area contributed by atoms with Crippen LogP contribution in [0.3, 0.4) is 0 Å². The van der Waals surface area contributed by atoms with Gasteiger partial charge in [0.15, 0.2) is 10.4 Å². The van der Waals surface area contributed by atoms with Crippen LogP contribution >= 0.6 is 27.7 Å². The van der Waals surface area contributed by atoms with Gasteiger partial charge in [-0.2, -0.15) is 11.8 Å². The Hall–Kier alpha value is -0.420. The number of carbonyl (C=O) groups excluding carboxylic acids is 1. The van der Waals surface area contributed by atoms with Gasteiger partial charge < -0.3 is 9.32 Å². The van der Waals surface area contributed by atoms with Crippen LogP contribution in [0.25, 0.3) is 0 Å². The van der Waals surface area contributed by atoms with Crippen molar-refractivity contribution in [2.24, 2.45) is 0 Å². The van der Waals surface area contributed by atoms with Gasteiger partial charge in [-0.25, -0.2) is 0 Å². The van der Waals surface area contributed by atoms with Crippen molar-refractivity contribution in [1.29, 1.82) is 0 Å². The Morgan fingerprint density at radius 2 is 2.33 bits per heavy atom. The van der Waals surface area contributed by atoms with Crippen molar-refractivity contribution in [1.82, 2.24) is 4.90 Å². The molecule has 84 valence electrons. The smallest absolute Gasteiger partial charge is 0.289 e. The highest BCUT2D eigenvalue weighted by Crippen LogP contribution is 2.16. The minimum Gasteiger partial charge on any atom is -0.444 e. The zero-order chi connectivity index (χ0) is 11.4. The second-order valence-electron chi connectivity index (χ2n) is 3.32. The third-order valence-corrected chi connectivity index (χ3v) is 3.42. The molecule has 0 fully saturated rings. The summed E-state index contributed by atoms with van der Waals surface area (Å²) >= 11 is 4.90. The summed E-state index contributed by atoms with van der Waals surface area (Å²) in [5.41, 5.74) is 0. The Kier molecular flexibility index (Phi) is 4.73. The third-order valence-electron chi connectivity index (χ3n) is 2.17. The van der Waals surface area contributed by atoms with Crippen LogP contribution < -0.4 is 0 Å². The van der Waals surface area contributed by atoms with E-state index in [1.54, 1.807) is 35.8 Å². The van der Waals surface area contributed by atoms with Crippen molar-refractivity contribution in [2.45, 2.75) is 13.0 Å². The first-order valence-corrected chi connectivity index (χ1v) is 6.76. The lowest BCUT2D eigenvalue weighted by atomic mass is 10.3. The second-order valence-corrected chi connectivity index (χ2v) is 5.02. The minimum absolute atomic E-state index is 0.0812. The first-order chi connectivity index (χ1) is 7.06. The van der Waals surface area contributed by atoms with E-state index in [9.17, 15) is 4.79 Å². The summed E-state index contributed by atoms with van der Waals surface area (Å²) in [6.45, 7) is 2.02. The maximum absolute atomic E-state index is 11.9. The first kappa shape index (κ1) is 12.6. The lowest BCUT2D eigenvalue weighted by Crippen LogP contribution is -2.36. The number of thioether (sulfide) groups is 1. The van der Waals surface area contributed by atoms with Crippen molar-refractivity contribution in [2.75, 3.05) is 19.1 Å². The van der Waals surface area contributed by atoms with Crippen LogP contribution in [0, 0.1) is 0 Å². The molecule has 0 aromatic carbocycles. The number of nitrogens with zero attached hydrogens (tertiary/aromatic N) is 1. The van der Waals surface area contributed by atoms with Crippen molar-refractivity contribution in [3.63, 3.8) is 0 Å². The zero-order valence-corrected chi connectivity index (χ0v) is 11.4. The molecule has 0 N–H and O–H groups in total. The number of halogens is 1. The molecule has 15 heavy (non-hydrogen) atoms. The summed E-state index contributed by atoms with van der Waals surface area (Å²) in [6.07, 6.45) is 2.03. The predicted molar refractivity (Wildman–Crippen MR) is 66.3 cm³/mol. The molecular formula is C10H14BrNO2S. The maximum atomic E-state index is 11.9. The molecule has 0 radical (unpaired) electrons. The molecule has 5 heteroatoms. The monoisotopic (exact) mass is 291 g/mol. The number of furan rings is 1. The van der Waals surface area contributed by atoms with Crippen molar-refractivity contribution >= 4 is 33.6 Å². The molecular weight excluding hydrogens is 278 g/mol. The van der Waals surface area contributed by atoms with E-state index in [-0.39, 0.29) is 11.9 Å². The fourth-order valence-corrected chi connectivity index (χ4v) is 2.17. The second kappa shape index (κ2) is 5.61. The molecule has 1 aromatic heterocycles. The molecule has 1 amide bonds. The van der Waals surface area contributed by atoms with Gasteiger partial charge in [0.25, 0.3) is 5.91 Å². The molecule has 0 aliphatic carbocycles. The van der Waals surface area contributed by atoms with Crippen LogP contribution in [0.2, 0.25) is 0 Å². The Morgan fingerprint density at radius 1 is 1.67 bits per heavy atom. The van der Waals surface area contributed by atoms with Crippen molar-refractivity contribution in [3.05, 3.63) is 22.6 Å². The Labute approximate surface area is 102 Å². The number of amides is 1. The summed E-state index contributed by atoms with van der Waals surface area (Å²) in [5, 5.41) is 0. The van der Waals surface area contributed by atoms with Crippen molar-refractivity contribution < 1.29 is 9.21 Å². The van der Waals surface area contributed by atoms with E-state index in [4.69, 9.17) is 4.42 Å². The summed E-state index contributed by atoms with van der Waals surface area (Å²) in [6, 6.07) is 3.60. The van der Waals surface area contributed by atoms with Crippen LogP contribution in [0.5, 0.6) is 0 Å². The lowest BCUT2D eigenvalue weighted by molar-refractivity contribution is 0.0724. The summed E-state index contributed by atoms with van der Waals surface area (Å²) in [5.74, 6) is 1.21. The molecule has 1 rings (SSSR count). The molecule has 3 nitrogen and oxygen atoms in total. The highest BCUT2D eigenvalue weighted by Gasteiger charge is 2.19. The summed E-state index contributed by atoms with van der Waals surface area (Å²) in [7, 11) is 1.79. The quantitative estimate of drug-likeness (QED) is 0.855.